The molecule has 1 aliphatic rings. The lowest BCUT2D eigenvalue weighted by atomic mass is 10.4. The molecule has 0 aromatic carbocycles. The van der Waals surface area contributed by atoms with Gasteiger partial charge in [0.1, 0.15) is 11.6 Å². The zero-order chi connectivity index (χ0) is 11.4. The Morgan fingerprint density at radius 1 is 1.38 bits per heavy atom. The monoisotopic (exact) mass is 220 g/mol. The Kier molecular flexibility index (Phi) is 3.59. The first-order chi connectivity index (χ1) is 7.85. The van der Waals surface area contributed by atoms with E-state index in [2.05, 4.69) is 34.0 Å². The Hall–Kier alpha value is -1.32. The van der Waals surface area contributed by atoms with Gasteiger partial charge < -0.3 is 10.2 Å². The highest BCUT2D eigenvalue weighted by atomic mass is 15.2. The van der Waals surface area contributed by atoms with E-state index in [-0.39, 0.29) is 0 Å². The first-order valence-electron chi connectivity index (χ1n) is 6.17. The van der Waals surface area contributed by atoms with Gasteiger partial charge in [-0.3, -0.25) is 4.98 Å². The second-order valence-corrected chi connectivity index (χ2v) is 4.22. The molecule has 1 heterocycles. The average Bonchev–Trinajstić information content (AvgIpc) is 3.11. The van der Waals surface area contributed by atoms with Gasteiger partial charge in [0.25, 0.3) is 0 Å². The van der Waals surface area contributed by atoms with E-state index in [1.165, 1.54) is 12.8 Å². The molecule has 88 valence electrons. The van der Waals surface area contributed by atoms with Crippen molar-refractivity contribution in [1.29, 1.82) is 0 Å². The summed E-state index contributed by atoms with van der Waals surface area (Å²) in [5.74, 6) is 1.89. The van der Waals surface area contributed by atoms with E-state index in [0.29, 0.717) is 6.04 Å². The third-order valence-corrected chi connectivity index (χ3v) is 2.73. The van der Waals surface area contributed by atoms with Crippen molar-refractivity contribution in [3.8, 4) is 0 Å². The first-order valence-corrected chi connectivity index (χ1v) is 6.17. The minimum Gasteiger partial charge on any atom is -0.369 e. The van der Waals surface area contributed by atoms with Crippen LogP contribution in [-0.2, 0) is 0 Å². The van der Waals surface area contributed by atoms with Crippen LogP contribution in [0.1, 0.15) is 33.1 Å². The summed E-state index contributed by atoms with van der Waals surface area (Å²) in [7, 11) is 0. The molecular formula is C12H20N4. The predicted molar refractivity (Wildman–Crippen MR) is 66.9 cm³/mol. The molecule has 1 aromatic heterocycles. The van der Waals surface area contributed by atoms with Crippen molar-refractivity contribution in [2.24, 2.45) is 0 Å². The van der Waals surface area contributed by atoms with E-state index in [1.54, 1.807) is 6.20 Å². The number of hydrogen-bond donors (Lipinski definition) is 1. The van der Waals surface area contributed by atoms with Gasteiger partial charge >= 0.3 is 0 Å². The first kappa shape index (κ1) is 11.2. The predicted octanol–water partition coefficient (Wildman–Crippen LogP) is 2.29. The Labute approximate surface area is 97.1 Å². The van der Waals surface area contributed by atoms with Crippen LogP contribution >= 0.6 is 0 Å². The summed E-state index contributed by atoms with van der Waals surface area (Å²) in [6, 6.07) is 0.700. The maximum absolute atomic E-state index is 4.60. The van der Waals surface area contributed by atoms with Crippen LogP contribution in [0, 0.1) is 0 Å². The lowest BCUT2D eigenvalue weighted by molar-refractivity contribution is 0.748. The van der Waals surface area contributed by atoms with E-state index >= 15 is 0 Å². The van der Waals surface area contributed by atoms with E-state index < -0.39 is 0 Å². The van der Waals surface area contributed by atoms with Crippen LogP contribution in [0.25, 0.3) is 0 Å². The molecule has 1 saturated carbocycles. The summed E-state index contributed by atoms with van der Waals surface area (Å²) in [6.45, 7) is 6.24. The molecule has 0 amide bonds. The molecule has 16 heavy (non-hydrogen) atoms. The number of anilines is 2. The number of nitrogens with zero attached hydrogens (tertiary/aromatic N) is 3. The fraction of sp³-hybridized carbons (Fsp3) is 0.667. The van der Waals surface area contributed by atoms with Gasteiger partial charge in [-0.25, -0.2) is 4.98 Å². The SMILES string of the molecule is CCCN(c1cncc(NCC)n1)C1CC1. The fourth-order valence-electron chi connectivity index (χ4n) is 1.87. The zero-order valence-corrected chi connectivity index (χ0v) is 10.1. The molecule has 4 heteroatoms. The fourth-order valence-corrected chi connectivity index (χ4v) is 1.87. The highest BCUT2D eigenvalue weighted by Crippen LogP contribution is 2.30. The van der Waals surface area contributed by atoms with Gasteiger partial charge in [0.15, 0.2) is 0 Å². The van der Waals surface area contributed by atoms with E-state index in [1.807, 2.05) is 6.20 Å². The van der Waals surface area contributed by atoms with Crippen molar-refractivity contribution in [3.63, 3.8) is 0 Å². The van der Waals surface area contributed by atoms with Gasteiger partial charge in [0.2, 0.25) is 0 Å². The van der Waals surface area contributed by atoms with E-state index in [9.17, 15) is 0 Å². The van der Waals surface area contributed by atoms with Crippen LogP contribution in [0.4, 0.5) is 11.6 Å². The molecule has 1 aromatic rings. The summed E-state index contributed by atoms with van der Waals surface area (Å²) in [5.41, 5.74) is 0. The molecule has 0 atom stereocenters. The largest absolute Gasteiger partial charge is 0.369 e. The molecule has 0 unspecified atom stereocenters. The van der Waals surface area contributed by atoms with Crippen molar-refractivity contribution in [2.75, 3.05) is 23.3 Å². The lowest BCUT2D eigenvalue weighted by Gasteiger charge is -2.22. The average molecular weight is 220 g/mol. The quantitative estimate of drug-likeness (QED) is 0.798. The molecule has 0 bridgehead atoms. The topological polar surface area (TPSA) is 41.1 Å². The van der Waals surface area contributed by atoms with Gasteiger partial charge in [-0.2, -0.15) is 0 Å². The van der Waals surface area contributed by atoms with Crippen LogP contribution in [0.3, 0.4) is 0 Å². The van der Waals surface area contributed by atoms with Crippen molar-refractivity contribution in [1.82, 2.24) is 9.97 Å². The van der Waals surface area contributed by atoms with Crippen LogP contribution in [0.5, 0.6) is 0 Å². The number of nitrogens with one attached hydrogen (secondary N) is 1. The summed E-state index contributed by atoms with van der Waals surface area (Å²) < 4.78 is 0. The Balaban J connectivity index is 2.12. The molecule has 1 fully saturated rings. The van der Waals surface area contributed by atoms with Crippen molar-refractivity contribution in [3.05, 3.63) is 12.4 Å². The standard InChI is InChI=1S/C12H20N4/c1-3-7-16(10-5-6-10)12-9-13-8-11(15-12)14-4-2/h8-10H,3-7H2,1-2H3,(H,14,15). The Morgan fingerprint density at radius 3 is 2.81 bits per heavy atom. The van der Waals surface area contributed by atoms with Gasteiger partial charge in [0, 0.05) is 19.1 Å². The highest BCUT2D eigenvalue weighted by molar-refractivity contribution is 5.45. The Morgan fingerprint density at radius 2 is 2.19 bits per heavy atom. The number of aromatic nitrogens is 2. The van der Waals surface area contributed by atoms with Crippen molar-refractivity contribution >= 4 is 11.6 Å². The normalized spacial score (nSPS) is 14.9. The second kappa shape index (κ2) is 5.14. The van der Waals surface area contributed by atoms with Crippen LogP contribution < -0.4 is 10.2 Å². The van der Waals surface area contributed by atoms with E-state index in [4.69, 9.17) is 0 Å². The van der Waals surface area contributed by atoms with Gasteiger partial charge in [-0.1, -0.05) is 6.92 Å². The third-order valence-electron chi connectivity index (χ3n) is 2.73. The molecule has 0 aliphatic heterocycles. The third kappa shape index (κ3) is 2.62. The second-order valence-electron chi connectivity index (χ2n) is 4.22. The summed E-state index contributed by atoms with van der Waals surface area (Å²) in [6.07, 6.45) is 7.41. The van der Waals surface area contributed by atoms with Gasteiger partial charge in [-0.15, -0.1) is 0 Å². The maximum atomic E-state index is 4.60. The van der Waals surface area contributed by atoms with Gasteiger partial charge in [0.05, 0.1) is 12.4 Å². The minimum atomic E-state index is 0.700. The molecule has 0 radical (unpaired) electrons. The van der Waals surface area contributed by atoms with Crippen molar-refractivity contribution in [2.45, 2.75) is 39.2 Å². The molecule has 2 rings (SSSR count). The maximum Gasteiger partial charge on any atom is 0.149 e. The lowest BCUT2D eigenvalue weighted by Crippen LogP contribution is -2.27. The van der Waals surface area contributed by atoms with Crippen LogP contribution in [0.2, 0.25) is 0 Å². The number of rotatable bonds is 6. The zero-order valence-electron chi connectivity index (χ0n) is 10.1. The summed E-state index contributed by atoms with van der Waals surface area (Å²) in [5, 5.41) is 3.20. The molecule has 4 nitrogen and oxygen atoms in total. The molecule has 0 spiro atoms. The molecular weight excluding hydrogens is 200 g/mol. The summed E-state index contributed by atoms with van der Waals surface area (Å²) >= 11 is 0. The van der Waals surface area contributed by atoms with E-state index in [0.717, 1.165) is 31.1 Å². The summed E-state index contributed by atoms with van der Waals surface area (Å²) in [4.78, 5) is 11.2. The van der Waals surface area contributed by atoms with Crippen LogP contribution in [-0.4, -0.2) is 29.1 Å². The molecule has 0 saturated heterocycles. The Bertz CT molecular complexity index is 336. The van der Waals surface area contributed by atoms with Crippen LogP contribution in [0.15, 0.2) is 12.4 Å². The highest BCUT2D eigenvalue weighted by Gasteiger charge is 2.29. The smallest absolute Gasteiger partial charge is 0.149 e. The van der Waals surface area contributed by atoms with Crippen molar-refractivity contribution < 1.29 is 0 Å². The van der Waals surface area contributed by atoms with Gasteiger partial charge in [-0.05, 0) is 26.2 Å². The molecule has 1 N–H and O–H groups in total. The number of hydrogen-bond acceptors (Lipinski definition) is 4. The molecule has 1 aliphatic carbocycles. The minimum absolute atomic E-state index is 0.700.